The van der Waals surface area contributed by atoms with Gasteiger partial charge in [0.15, 0.2) is 0 Å². The second kappa shape index (κ2) is 8.33. The van der Waals surface area contributed by atoms with Crippen molar-refractivity contribution in [2.75, 3.05) is 37.4 Å². The number of anilines is 2. The minimum atomic E-state index is -3.61. The third kappa shape index (κ3) is 4.23. The smallest absolute Gasteiger partial charge is 0.255 e. The van der Waals surface area contributed by atoms with Gasteiger partial charge in [-0.05, 0) is 30.3 Å². The standard InChI is InChI=1S/C19H25N3O3S/c1-5-22(6-2)26(24,25)16-11-9-10-15(14-16)19(23)20-17-12-7-8-13-18(17)21(3)4/h7-14H,5-6H2,1-4H3,(H,20,23). The van der Waals surface area contributed by atoms with E-state index in [0.717, 1.165) is 5.69 Å². The van der Waals surface area contributed by atoms with Gasteiger partial charge in [-0.2, -0.15) is 4.31 Å². The van der Waals surface area contributed by atoms with E-state index in [1.54, 1.807) is 26.0 Å². The summed E-state index contributed by atoms with van der Waals surface area (Å²) in [5, 5.41) is 2.85. The molecule has 0 atom stereocenters. The maximum Gasteiger partial charge on any atom is 0.255 e. The Morgan fingerprint density at radius 1 is 1.00 bits per heavy atom. The van der Waals surface area contributed by atoms with Gasteiger partial charge in [-0.15, -0.1) is 0 Å². The summed E-state index contributed by atoms with van der Waals surface area (Å²) in [4.78, 5) is 14.7. The number of carbonyl (C=O) groups is 1. The van der Waals surface area contributed by atoms with Gasteiger partial charge in [0, 0.05) is 32.7 Å². The van der Waals surface area contributed by atoms with Crippen LogP contribution in [0.2, 0.25) is 0 Å². The van der Waals surface area contributed by atoms with E-state index in [1.165, 1.54) is 16.4 Å². The van der Waals surface area contributed by atoms with Crippen LogP contribution in [0, 0.1) is 0 Å². The second-order valence-corrected chi connectivity index (χ2v) is 7.92. The fourth-order valence-electron chi connectivity index (χ4n) is 2.67. The van der Waals surface area contributed by atoms with Crippen molar-refractivity contribution in [1.82, 2.24) is 4.31 Å². The van der Waals surface area contributed by atoms with E-state index in [-0.39, 0.29) is 10.8 Å². The molecule has 0 radical (unpaired) electrons. The van der Waals surface area contributed by atoms with E-state index in [2.05, 4.69) is 5.32 Å². The number of carbonyl (C=O) groups excluding carboxylic acids is 1. The molecule has 7 heteroatoms. The Morgan fingerprint density at radius 3 is 2.27 bits per heavy atom. The van der Waals surface area contributed by atoms with Crippen molar-refractivity contribution in [1.29, 1.82) is 0 Å². The highest BCUT2D eigenvalue weighted by Crippen LogP contribution is 2.24. The van der Waals surface area contributed by atoms with Crippen molar-refractivity contribution in [2.45, 2.75) is 18.7 Å². The Bertz CT molecular complexity index is 875. The summed E-state index contributed by atoms with van der Waals surface area (Å²) in [5.41, 5.74) is 1.83. The molecule has 1 amide bonds. The summed E-state index contributed by atoms with van der Waals surface area (Å²) in [7, 11) is 0.176. The summed E-state index contributed by atoms with van der Waals surface area (Å²) in [5.74, 6) is -0.351. The van der Waals surface area contributed by atoms with Crippen molar-refractivity contribution in [2.24, 2.45) is 0 Å². The predicted octanol–water partition coefficient (Wildman–Crippen LogP) is 3.04. The van der Waals surface area contributed by atoms with Crippen LogP contribution in [0.4, 0.5) is 11.4 Å². The molecule has 0 aliphatic heterocycles. The zero-order valence-corrected chi connectivity index (χ0v) is 16.4. The highest BCUT2D eigenvalue weighted by atomic mass is 32.2. The van der Waals surface area contributed by atoms with Gasteiger partial charge in [-0.25, -0.2) is 8.42 Å². The number of nitrogens with zero attached hydrogens (tertiary/aromatic N) is 2. The van der Waals surface area contributed by atoms with E-state index in [1.807, 2.05) is 43.3 Å². The van der Waals surface area contributed by atoms with E-state index >= 15 is 0 Å². The molecule has 2 aromatic carbocycles. The molecule has 0 heterocycles. The Balaban J connectivity index is 2.32. The Labute approximate surface area is 155 Å². The Hall–Kier alpha value is -2.38. The van der Waals surface area contributed by atoms with Crippen LogP contribution >= 0.6 is 0 Å². The first kappa shape index (κ1) is 19.9. The number of nitrogens with one attached hydrogen (secondary N) is 1. The van der Waals surface area contributed by atoms with Gasteiger partial charge < -0.3 is 10.2 Å². The number of hydrogen-bond donors (Lipinski definition) is 1. The fraction of sp³-hybridized carbons (Fsp3) is 0.316. The molecule has 2 aromatic rings. The number of para-hydroxylation sites is 2. The van der Waals surface area contributed by atoms with Gasteiger partial charge in [-0.1, -0.05) is 32.0 Å². The van der Waals surface area contributed by atoms with E-state index in [9.17, 15) is 13.2 Å². The summed E-state index contributed by atoms with van der Waals surface area (Å²) in [6.07, 6.45) is 0. The number of rotatable bonds is 7. The van der Waals surface area contributed by atoms with Gasteiger partial charge in [0.05, 0.1) is 16.3 Å². The number of sulfonamides is 1. The lowest BCUT2D eigenvalue weighted by Gasteiger charge is -2.19. The van der Waals surface area contributed by atoms with Crippen LogP contribution < -0.4 is 10.2 Å². The first-order chi connectivity index (χ1) is 12.3. The summed E-state index contributed by atoms with van der Waals surface area (Å²) in [6, 6.07) is 13.6. The maximum atomic E-state index is 12.7. The molecule has 0 aliphatic carbocycles. The van der Waals surface area contributed by atoms with Crippen molar-refractivity contribution in [3.05, 3.63) is 54.1 Å². The number of amides is 1. The van der Waals surface area contributed by atoms with Gasteiger partial charge in [0.2, 0.25) is 10.0 Å². The third-order valence-corrected chi connectivity index (χ3v) is 6.12. The highest BCUT2D eigenvalue weighted by molar-refractivity contribution is 7.89. The molecule has 2 rings (SSSR count). The second-order valence-electron chi connectivity index (χ2n) is 5.98. The number of benzene rings is 2. The average Bonchev–Trinajstić information content (AvgIpc) is 2.63. The zero-order valence-electron chi connectivity index (χ0n) is 15.6. The molecule has 140 valence electrons. The normalized spacial score (nSPS) is 11.4. The fourth-order valence-corrected chi connectivity index (χ4v) is 4.18. The van der Waals surface area contributed by atoms with Crippen LogP contribution in [-0.4, -0.2) is 45.8 Å². The SMILES string of the molecule is CCN(CC)S(=O)(=O)c1cccc(C(=O)Nc2ccccc2N(C)C)c1. The molecule has 0 aromatic heterocycles. The van der Waals surface area contributed by atoms with Crippen molar-refractivity contribution in [3.63, 3.8) is 0 Å². The van der Waals surface area contributed by atoms with Crippen LogP contribution in [0.15, 0.2) is 53.4 Å². The molecule has 0 fully saturated rings. The van der Waals surface area contributed by atoms with Gasteiger partial charge >= 0.3 is 0 Å². The quantitative estimate of drug-likeness (QED) is 0.808. The molecule has 26 heavy (non-hydrogen) atoms. The first-order valence-corrected chi connectivity index (χ1v) is 9.93. The third-order valence-electron chi connectivity index (χ3n) is 4.07. The molecular formula is C19H25N3O3S. The van der Waals surface area contributed by atoms with Crippen LogP contribution in [0.25, 0.3) is 0 Å². The van der Waals surface area contributed by atoms with E-state index < -0.39 is 10.0 Å². The molecule has 0 saturated heterocycles. The Morgan fingerprint density at radius 2 is 1.65 bits per heavy atom. The summed E-state index contributed by atoms with van der Waals surface area (Å²) in [6.45, 7) is 4.34. The van der Waals surface area contributed by atoms with Crippen molar-refractivity contribution in [3.8, 4) is 0 Å². The molecule has 0 unspecified atom stereocenters. The monoisotopic (exact) mass is 375 g/mol. The van der Waals surface area contributed by atoms with Crippen LogP contribution in [0.3, 0.4) is 0 Å². The average molecular weight is 375 g/mol. The first-order valence-electron chi connectivity index (χ1n) is 8.49. The highest BCUT2D eigenvalue weighted by Gasteiger charge is 2.22. The molecule has 0 aliphatic rings. The minimum Gasteiger partial charge on any atom is -0.376 e. The number of hydrogen-bond acceptors (Lipinski definition) is 4. The predicted molar refractivity (Wildman–Crippen MR) is 105 cm³/mol. The largest absolute Gasteiger partial charge is 0.376 e. The van der Waals surface area contributed by atoms with Gasteiger partial charge in [0.1, 0.15) is 0 Å². The molecule has 0 spiro atoms. The lowest BCUT2D eigenvalue weighted by atomic mass is 10.2. The lowest BCUT2D eigenvalue weighted by Crippen LogP contribution is -2.30. The van der Waals surface area contributed by atoms with Crippen molar-refractivity contribution < 1.29 is 13.2 Å². The molecule has 6 nitrogen and oxygen atoms in total. The minimum absolute atomic E-state index is 0.120. The topological polar surface area (TPSA) is 69.7 Å². The van der Waals surface area contributed by atoms with Crippen LogP contribution in [-0.2, 0) is 10.0 Å². The van der Waals surface area contributed by atoms with Gasteiger partial charge in [0.25, 0.3) is 5.91 Å². The summed E-state index contributed by atoms with van der Waals surface area (Å²) < 4.78 is 26.7. The zero-order chi connectivity index (χ0) is 19.3. The van der Waals surface area contributed by atoms with E-state index in [0.29, 0.717) is 24.3 Å². The summed E-state index contributed by atoms with van der Waals surface area (Å²) >= 11 is 0. The van der Waals surface area contributed by atoms with Gasteiger partial charge in [-0.3, -0.25) is 4.79 Å². The van der Waals surface area contributed by atoms with E-state index in [4.69, 9.17) is 0 Å². The molecule has 1 N–H and O–H groups in total. The lowest BCUT2D eigenvalue weighted by molar-refractivity contribution is 0.102. The van der Waals surface area contributed by atoms with Crippen LogP contribution in [0.5, 0.6) is 0 Å². The Kier molecular flexibility index (Phi) is 6.39. The van der Waals surface area contributed by atoms with Crippen molar-refractivity contribution >= 4 is 27.3 Å². The molecule has 0 bridgehead atoms. The molecule has 0 saturated carbocycles. The van der Waals surface area contributed by atoms with Crippen LogP contribution in [0.1, 0.15) is 24.2 Å². The maximum absolute atomic E-state index is 12.7. The molecular weight excluding hydrogens is 350 g/mol.